The smallest absolute Gasteiger partial charge is 0.331 e. The van der Waals surface area contributed by atoms with Crippen molar-refractivity contribution in [3.8, 4) is 0 Å². The molecule has 0 radical (unpaired) electrons. The molecular formula is C23H28N2O5. The number of benzene rings is 1. The molecule has 1 aromatic rings. The summed E-state index contributed by atoms with van der Waals surface area (Å²) in [6, 6.07) is 6.19. The topological polar surface area (TPSA) is 98.5 Å². The molecule has 0 aliphatic heterocycles. The fourth-order valence-corrected chi connectivity index (χ4v) is 6.28. The molecule has 4 bridgehead atoms. The van der Waals surface area contributed by atoms with Gasteiger partial charge in [0.2, 0.25) is 0 Å². The van der Waals surface area contributed by atoms with Crippen molar-refractivity contribution in [3.63, 3.8) is 0 Å². The maximum absolute atomic E-state index is 12.4. The summed E-state index contributed by atoms with van der Waals surface area (Å²) >= 11 is 0. The predicted molar refractivity (Wildman–Crippen MR) is 111 cm³/mol. The third kappa shape index (κ3) is 4.25. The Hall–Kier alpha value is -2.70. The van der Waals surface area contributed by atoms with Crippen molar-refractivity contribution in [1.29, 1.82) is 0 Å². The van der Waals surface area contributed by atoms with E-state index in [0.717, 1.165) is 23.8 Å². The Morgan fingerprint density at radius 3 is 2.40 bits per heavy atom. The lowest BCUT2D eigenvalue weighted by Crippen LogP contribution is -2.56. The highest BCUT2D eigenvalue weighted by atomic mass is 16.6. The van der Waals surface area contributed by atoms with Gasteiger partial charge in [-0.05, 0) is 80.8 Å². The molecule has 0 heterocycles. The van der Waals surface area contributed by atoms with E-state index in [1.165, 1.54) is 50.7 Å². The van der Waals surface area contributed by atoms with Crippen LogP contribution in [0.4, 0.5) is 5.69 Å². The van der Waals surface area contributed by atoms with Crippen molar-refractivity contribution in [1.82, 2.24) is 5.32 Å². The number of carbonyl (C=O) groups excluding carboxylic acids is 2. The summed E-state index contributed by atoms with van der Waals surface area (Å²) in [5.41, 5.74) is 0.406. The fourth-order valence-electron chi connectivity index (χ4n) is 6.28. The number of nitrogens with one attached hydrogen (secondary N) is 1. The van der Waals surface area contributed by atoms with Crippen LogP contribution in [0.15, 0.2) is 30.3 Å². The Balaban J connectivity index is 1.28. The van der Waals surface area contributed by atoms with Crippen LogP contribution in [0, 0.1) is 33.3 Å². The van der Waals surface area contributed by atoms with Crippen LogP contribution in [0.5, 0.6) is 0 Å². The summed E-state index contributed by atoms with van der Waals surface area (Å²) in [7, 11) is 0. The number of nitrogens with zero attached hydrogens (tertiary/aromatic N) is 1. The molecule has 4 saturated carbocycles. The van der Waals surface area contributed by atoms with Gasteiger partial charge in [0.05, 0.1) is 10.5 Å². The minimum atomic E-state index is -0.703. The first-order chi connectivity index (χ1) is 14.3. The van der Waals surface area contributed by atoms with Gasteiger partial charge in [-0.3, -0.25) is 14.9 Å². The number of carbonyl (C=O) groups is 2. The third-order valence-corrected chi connectivity index (χ3v) is 7.26. The molecule has 7 heteroatoms. The molecule has 7 nitrogen and oxygen atoms in total. The Morgan fingerprint density at radius 1 is 1.20 bits per heavy atom. The van der Waals surface area contributed by atoms with Crippen molar-refractivity contribution in [2.75, 3.05) is 6.61 Å². The lowest BCUT2D eigenvalue weighted by atomic mass is 9.48. The van der Waals surface area contributed by atoms with Crippen LogP contribution in [0.3, 0.4) is 0 Å². The van der Waals surface area contributed by atoms with E-state index in [1.54, 1.807) is 18.2 Å². The Kier molecular flexibility index (Phi) is 5.62. The van der Waals surface area contributed by atoms with Gasteiger partial charge < -0.3 is 10.1 Å². The van der Waals surface area contributed by atoms with Gasteiger partial charge in [0.1, 0.15) is 0 Å². The average Bonchev–Trinajstić information content (AvgIpc) is 2.70. The highest BCUT2D eigenvalue weighted by molar-refractivity contribution is 5.90. The number of ether oxygens (including phenoxy) is 1. The highest BCUT2D eigenvalue weighted by Gasteiger charge is 2.53. The molecule has 160 valence electrons. The summed E-state index contributed by atoms with van der Waals surface area (Å²) in [4.78, 5) is 34.8. The second-order valence-corrected chi connectivity index (χ2v) is 9.33. The number of amides is 1. The van der Waals surface area contributed by atoms with Crippen molar-refractivity contribution in [3.05, 3.63) is 46.0 Å². The zero-order chi connectivity index (χ0) is 21.3. The van der Waals surface area contributed by atoms with Gasteiger partial charge in [-0.1, -0.05) is 12.1 Å². The predicted octanol–water partition coefficient (Wildman–Crippen LogP) is 3.87. The van der Waals surface area contributed by atoms with E-state index in [4.69, 9.17) is 4.74 Å². The zero-order valence-corrected chi connectivity index (χ0v) is 17.2. The lowest BCUT2D eigenvalue weighted by molar-refractivity contribution is -0.385. The molecule has 30 heavy (non-hydrogen) atoms. The molecule has 4 aliphatic rings. The lowest BCUT2D eigenvalue weighted by Gasteiger charge is -2.59. The second kappa shape index (κ2) is 8.20. The second-order valence-electron chi connectivity index (χ2n) is 9.33. The van der Waals surface area contributed by atoms with E-state index in [1.807, 2.05) is 0 Å². The summed E-state index contributed by atoms with van der Waals surface area (Å²) in [6.45, 7) is 1.73. The summed E-state index contributed by atoms with van der Waals surface area (Å²) in [6.07, 6.45) is 10.1. The number of rotatable bonds is 7. The molecule has 1 aromatic carbocycles. The first kappa shape index (κ1) is 20.6. The largest absolute Gasteiger partial charge is 0.452 e. The molecule has 0 spiro atoms. The standard InChI is InChI=1S/C23H28N2O5/c1-15(23-11-16-8-17(12-23)10-18(9-16)13-23)24-21(26)14-30-22(27)7-6-19-4-2-3-5-20(19)25(28)29/h2-7,15-18H,8-14H2,1H3,(H,24,26)/b7-6+/t15-,16?,17?,18?,23?/m0/s1. The summed E-state index contributed by atoms with van der Waals surface area (Å²) < 4.78 is 5.04. The molecule has 1 atom stereocenters. The van der Waals surface area contributed by atoms with Gasteiger partial charge in [-0.25, -0.2) is 4.79 Å². The van der Waals surface area contributed by atoms with E-state index in [9.17, 15) is 19.7 Å². The normalized spacial score (nSPS) is 30.2. The van der Waals surface area contributed by atoms with E-state index < -0.39 is 10.9 Å². The van der Waals surface area contributed by atoms with Gasteiger partial charge in [0.25, 0.3) is 11.6 Å². The number of nitro benzene ring substituents is 1. The Bertz CT molecular complexity index is 843. The van der Waals surface area contributed by atoms with Crippen molar-refractivity contribution >= 4 is 23.6 Å². The Morgan fingerprint density at radius 2 is 1.80 bits per heavy atom. The van der Waals surface area contributed by atoms with Crippen LogP contribution in [0.25, 0.3) is 6.08 Å². The first-order valence-corrected chi connectivity index (χ1v) is 10.7. The monoisotopic (exact) mass is 412 g/mol. The molecule has 4 aliphatic carbocycles. The molecule has 4 fully saturated rings. The van der Waals surface area contributed by atoms with E-state index in [2.05, 4.69) is 12.2 Å². The van der Waals surface area contributed by atoms with Crippen LogP contribution in [-0.4, -0.2) is 29.4 Å². The van der Waals surface area contributed by atoms with Crippen molar-refractivity contribution < 1.29 is 19.2 Å². The Labute approximate surface area is 176 Å². The van der Waals surface area contributed by atoms with E-state index in [0.29, 0.717) is 5.56 Å². The van der Waals surface area contributed by atoms with Crippen molar-refractivity contribution in [2.45, 2.75) is 51.5 Å². The first-order valence-electron chi connectivity index (χ1n) is 10.7. The fraction of sp³-hybridized carbons (Fsp3) is 0.565. The number of nitro groups is 1. The zero-order valence-electron chi connectivity index (χ0n) is 17.2. The number of para-hydroxylation sites is 1. The van der Waals surface area contributed by atoms with Crippen LogP contribution < -0.4 is 5.32 Å². The minimum absolute atomic E-state index is 0.0691. The van der Waals surface area contributed by atoms with Crippen LogP contribution >= 0.6 is 0 Å². The van der Waals surface area contributed by atoms with Gasteiger partial charge in [-0.2, -0.15) is 0 Å². The molecule has 5 rings (SSSR count). The SMILES string of the molecule is C[C@H](NC(=O)COC(=O)/C=C/c1ccccc1[N+](=O)[O-])C12CC3CC(CC(C3)C1)C2. The van der Waals surface area contributed by atoms with Gasteiger partial charge >= 0.3 is 5.97 Å². The maximum atomic E-state index is 12.4. The molecular weight excluding hydrogens is 384 g/mol. The number of hydrogen-bond acceptors (Lipinski definition) is 5. The van der Waals surface area contributed by atoms with E-state index >= 15 is 0 Å². The van der Waals surface area contributed by atoms with Gasteiger partial charge in [0.15, 0.2) is 6.61 Å². The quantitative estimate of drug-likeness (QED) is 0.317. The van der Waals surface area contributed by atoms with Gasteiger partial charge in [0, 0.05) is 18.2 Å². The highest BCUT2D eigenvalue weighted by Crippen LogP contribution is 2.61. The van der Waals surface area contributed by atoms with Gasteiger partial charge in [-0.15, -0.1) is 0 Å². The molecule has 1 N–H and O–H groups in total. The summed E-state index contributed by atoms with van der Waals surface area (Å²) in [5, 5.41) is 14.1. The van der Waals surface area contributed by atoms with Crippen LogP contribution in [0.1, 0.15) is 51.0 Å². The minimum Gasteiger partial charge on any atom is -0.452 e. The van der Waals surface area contributed by atoms with Crippen molar-refractivity contribution in [2.24, 2.45) is 23.2 Å². The molecule has 0 aromatic heterocycles. The maximum Gasteiger partial charge on any atom is 0.331 e. The van der Waals surface area contributed by atoms with Crippen LogP contribution in [0.2, 0.25) is 0 Å². The third-order valence-electron chi connectivity index (χ3n) is 7.26. The van der Waals surface area contributed by atoms with E-state index in [-0.39, 0.29) is 29.7 Å². The average molecular weight is 412 g/mol. The number of hydrogen-bond donors (Lipinski definition) is 1. The summed E-state index contributed by atoms with van der Waals surface area (Å²) in [5.74, 6) is 1.42. The van der Waals surface area contributed by atoms with Crippen LogP contribution in [-0.2, 0) is 14.3 Å². The molecule has 0 saturated heterocycles. The molecule has 1 amide bonds. The molecule has 0 unspecified atom stereocenters. The number of esters is 1.